The maximum absolute atomic E-state index is 13.4. The van der Waals surface area contributed by atoms with Gasteiger partial charge in [-0.2, -0.15) is 0 Å². The third-order valence-corrected chi connectivity index (χ3v) is 8.10. The predicted octanol–water partition coefficient (Wildman–Crippen LogP) is 6.03. The van der Waals surface area contributed by atoms with Gasteiger partial charge in [-0.1, -0.05) is 36.8 Å². The van der Waals surface area contributed by atoms with Crippen LogP contribution < -0.4 is 0 Å². The smallest absolute Gasteiger partial charge is 0.123 e. The summed E-state index contributed by atoms with van der Waals surface area (Å²) in [7, 11) is 0. The van der Waals surface area contributed by atoms with Crippen molar-refractivity contribution in [3.05, 3.63) is 83.1 Å². The largest absolute Gasteiger partial charge is 0.386 e. The molecular weight excluding hydrogens is 427 g/mol. The van der Waals surface area contributed by atoms with Gasteiger partial charge in [-0.25, -0.2) is 9.37 Å². The predicted molar refractivity (Wildman–Crippen MR) is 132 cm³/mol. The molecule has 5 rings (SSSR count). The average Bonchev–Trinajstić information content (AvgIpc) is 3.18. The standard InChI is InChI=1S/C29H33FN2O2/c1-27(2,33)20-10-12-21(13-11-20)29(4,34)25-7-5-6-22-16-24-26(19-8-14-23(30)15-9-19)31-18-32(24)17-28(22,25)3/h8-16,18,25,33-34H,5-7,17H2,1-4H3/t25-,28-,29+/m0/s1. The number of rotatable bonds is 4. The van der Waals surface area contributed by atoms with E-state index in [0.29, 0.717) is 0 Å². The summed E-state index contributed by atoms with van der Waals surface area (Å²) in [6.07, 6.45) is 7.06. The van der Waals surface area contributed by atoms with Gasteiger partial charge >= 0.3 is 0 Å². The quantitative estimate of drug-likeness (QED) is 0.500. The zero-order valence-electron chi connectivity index (χ0n) is 20.3. The van der Waals surface area contributed by atoms with Crippen LogP contribution in [0.2, 0.25) is 0 Å². The Kier molecular flexibility index (Phi) is 5.34. The van der Waals surface area contributed by atoms with Crippen LogP contribution in [-0.2, 0) is 17.7 Å². The van der Waals surface area contributed by atoms with Gasteiger partial charge in [0.1, 0.15) is 5.82 Å². The molecule has 1 saturated carbocycles. The number of benzene rings is 2. The number of nitrogens with zero attached hydrogens (tertiary/aromatic N) is 2. The Bertz CT molecular complexity index is 1230. The van der Waals surface area contributed by atoms with Crippen molar-refractivity contribution in [3.63, 3.8) is 0 Å². The molecule has 0 amide bonds. The number of halogens is 1. The van der Waals surface area contributed by atoms with Gasteiger partial charge in [0.25, 0.3) is 0 Å². The lowest BCUT2D eigenvalue weighted by Crippen LogP contribution is -2.48. The molecule has 0 bridgehead atoms. The van der Waals surface area contributed by atoms with Crippen molar-refractivity contribution < 1.29 is 14.6 Å². The lowest BCUT2D eigenvalue weighted by atomic mass is 9.57. The fraction of sp³-hybridized carbons (Fsp3) is 0.414. The van der Waals surface area contributed by atoms with Crippen LogP contribution in [0.1, 0.15) is 63.8 Å². The van der Waals surface area contributed by atoms with Gasteiger partial charge in [0.2, 0.25) is 0 Å². The highest BCUT2D eigenvalue weighted by Crippen LogP contribution is 2.55. The summed E-state index contributed by atoms with van der Waals surface area (Å²) >= 11 is 0. The molecule has 1 aliphatic heterocycles. The molecule has 4 nitrogen and oxygen atoms in total. The van der Waals surface area contributed by atoms with Crippen LogP contribution in [-0.4, -0.2) is 19.8 Å². The van der Waals surface area contributed by atoms with E-state index in [9.17, 15) is 14.6 Å². The van der Waals surface area contributed by atoms with Crippen molar-refractivity contribution >= 4 is 6.08 Å². The molecular formula is C29H33FN2O2. The van der Waals surface area contributed by atoms with E-state index in [4.69, 9.17) is 0 Å². The molecule has 0 radical (unpaired) electrons. The second kappa shape index (κ2) is 7.89. The molecule has 0 saturated heterocycles. The van der Waals surface area contributed by atoms with E-state index >= 15 is 0 Å². The maximum atomic E-state index is 13.4. The summed E-state index contributed by atoms with van der Waals surface area (Å²) < 4.78 is 15.6. The topological polar surface area (TPSA) is 58.3 Å². The minimum Gasteiger partial charge on any atom is -0.386 e. The van der Waals surface area contributed by atoms with Gasteiger partial charge in [0.05, 0.1) is 28.9 Å². The molecule has 5 heteroatoms. The Hall–Kier alpha value is -2.76. The van der Waals surface area contributed by atoms with E-state index in [1.54, 1.807) is 26.0 Å². The van der Waals surface area contributed by atoms with Gasteiger partial charge < -0.3 is 14.8 Å². The minimum atomic E-state index is -1.02. The van der Waals surface area contributed by atoms with Crippen LogP contribution >= 0.6 is 0 Å². The van der Waals surface area contributed by atoms with Gasteiger partial charge in [-0.15, -0.1) is 0 Å². The molecule has 1 aromatic heterocycles. The number of hydrogen-bond donors (Lipinski definition) is 2. The second-order valence-electron chi connectivity index (χ2n) is 10.9. The molecule has 0 unspecified atom stereocenters. The molecule has 2 aromatic carbocycles. The van der Waals surface area contributed by atoms with Crippen molar-refractivity contribution in [2.45, 2.75) is 64.7 Å². The Balaban J connectivity index is 1.51. The molecule has 3 atom stereocenters. The van der Waals surface area contributed by atoms with Crippen molar-refractivity contribution in [2.75, 3.05) is 0 Å². The molecule has 34 heavy (non-hydrogen) atoms. The fourth-order valence-corrected chi connectivity index (χ4v) is 6.11. The average molecular weight is 461 g/mol. The first-order valence-corrected chi connectivity index (χ1v) is 12.1. The molecule has 3 aromatic rings. The summed E-state index contributed by atoms with van der Waals surface area (Å²) in [5, 5.41) is 22.2. The zero-order chi connectivity index (χ0) is 24.3. The van der Waals surface area contributed by atoms with Crippen LogP contribution in [0.25, 0.3) is 17.3 Å². The minimum absolute atomic E-state index is 0.0257. The molecule has 2 aliphatic rings. The Morgan fingerprint density at radius 1 is 1.00 bits per heavy atom. The van der Waals surface area contributed by atoms with Crippen LogP contribution in [0.4, 0.5) is 4.39 Å². The van der Waals surface area contributed by atoms with Crippen molar-refractivity contribution in [3.8, 4) is 11.3 Å². The normalized spacial score (nSPS) is 24.1. The molecule has 2 heterocycles. The summed E-state index contributed by atoms with van der Waals surface area (Å²) in [5.74, 6) is -0.228. The van der Waals surface area contributed by atoms with E-state index in [1.165, 1.54) is 17.7 Å². The van der Waals surface area contributed by atoms with Crippen LogP contribution in [0, 0.1) is 17.2 Å². The van der Waals surface area contributed by atoms with Crippen LogP contribution in [0.5, 0.6) is 0 Å². The monoisotopic (exact) mass is 460 g/mol. The van der Waals surface area contributed by atoms with Gasteiger partial charge in [-0.05, 0) is 81.5 Å². The molecule has 0 spiro atoms. The third kappa shape index (κ3) is 3.71. The van der Waals surface area contributed by atoms with E-state index in [2.05, 4.69) is 22.6 Å². The lowest BCUT2D eigenvalue weighted by Gasteiger charge is -2.51. The van der Waals surface area contributed by atoms with E-state index in [0.717, 1.165) is 53.9 Å². The first-order chi connectivity index (χ1) is 16.0. The molecule has 2 N–H and O–H groups in total. The first-order valence-electron chi connectivity index (χ1n) is 12.1. The fourth-order valence-electron chi connectivity index (χ4n) is 6.11. The summed E-state index contributed by atoms with van der Waals surface area (Å²) in [6.45, 7) is 8.47. The SMILES string of the molecule is CC(C)(O)c1ccc([C@@](C)(O)[C@H]2CCCC3=Cc4c(-c5ccc(F)cc5)ncn4C[C@@]32C)cc1. The van der Waals surface area contributed by atoms with E-state index < -0.39 is 11.2 Å². The summed E-state index contributed by atoms with van der Waals surface area (Å²) in [6, 6.07) is 14.2. The zero-order valence-corrected chi connectivity index (χ0v) is 20.3. The van der Waals surface area contributed by atoms with Crippen LogP contribution in [0.3, 0.4) is 0 Å². The highest BCUT2D eigenvalue weighted by Gasteiger charge is 2.51. The van der Waals surface area contributed by atoms with Gasteiger partial charge in [-0.3, -0.25) is 0 Å². The Morgan fingerprint density at radius 3 is 2.29 bits per heavy atom. The third-order valence-electron chi connectivity index (χ3n) is 8.10. The van der Waals surface area contributed by atoms with Crippen LogP contribution in [0.15, 0.2) is 60.4 Å². The lowest BCUT2D eigenvalue weighted by molar-refractivity contribution is -0.0713. The summed E-state index contributed by atoms with van der Waals surface area (Å²) in [4.78, 5) is 4.67. The molecule has 1 fully saturated rings. The second-order valence-corrected chi connectivity index (χ2v) is 10.9. The number of hydrogen-bond acceptors (Lipinski definition) is 3. The van der Waals surface area contributed by atoms with E-state index in [-0.39, 0.29) is 17.2 Å². The van der Waals surface area contributed by atoms with Crippen molar-refractivity contribution in [2.24, 2.45) is 11.3 Å². The Morgan fingerprint density at radius 2 is 1.65 bits per heavy atom. The van der Waals surface area contributed by atoms with Gasteiger partial charge in [0.15, 0.2) is 0 Å². The number of aromatic nitrogens is 2. The number of allylic oxidation sites excluding steroid dienone is 1. The van der Waals surface area contributed by atoms with Gasteiger partial charge in [0, 0.05) is 23.4 Å². The van der Waals surface area contributed by atoms with E-state index in [1.807, 2.05) is 37.5 Å². The highest BCUT2D eigenvalue weighted by molar-refractivity contribution is 5.72. The summed E-state index contributed by atoms with van der Waals surface area (Å²) in [5.41, 5.74) is 3.71. The maximum Gasteiger partial charge on any atom is 0.123 e. The highest BCUT2D eigenvalue weighted by atomic mass is 19.1. The van der Waals surface area contributed by atoms with Crippen molar-refractivity contribution in [1.82, 2.24) is 9.55 Å². The first kappa shape index (κ1) is 23.0. The van der Waals surface area contributed by atoms with Crippen molar-refractivity contribution in [1.29, 1.82) is 0 Å². The number of aliphatic hydroxyl groups is 2. The number of imidazole rings is 1. The Labute approximate surface area is 200 Å². The molecule has 178 valence electrons. The number of fused-ring (bicyclic) bond motifs is 2. The molecule has 1 aliphatic carbocycles.